The van der Waals surface area contributed by atoms with Crippen molar-refractivity contribution < 1.29 is 18.7 Å². The van der Waals surface area contributed by atoms with E-state index in [9.17, 15) is 14.0 Å². The fourth-order valence-corrected chi connectivity index (χ4v) is 3.98. The molecule has 2 aromatic rings. The molecule has 2 atom stereocenters. The third kappa shape index (κ3) is 4.61. The van der Waals surface area contributed by atoms with Crippen molar-refractivity contribution in [3.8, 4) is 0 Å². The first-order chi connectivity index (χ1) is 13.8. The summed E-state index contributed by atoms with van der Waals surface area (Å²) in [6.07, 6.45) is 1.18. The van der Waals surface area contributed by atoms with E-state index in [4.69, 9.17) is 10.5 Å². The Hall–Kier alpha value is -2.83. The molecule has 0 unspecified atom stereocenters. The number of carbonyl (C=O) groups excluding carboxylic acids is 2. The van der Waals surface area contributed by atoms with Gasteiger partial charge in [0, 0.05) is 25.8 Å². The van der Waals surface area contributed by atoms with Crippen molar-refractivity contribution >= 4 is 25.3 Å². The molecule has 0 radical (unpaired) electrons. The number of cyclic esters (lactones) is 1. The van der Waals surface area contributed by atoms with Crippen molar-refractivity contribution in [3.05, 3.63) is 65.5 Å². The first kappa shape index (κ1) is 20.9. The fraction of sp³-hybridized carbons (Fsp3) is 0.364. The quantitative estimate of drug-likeness (QED) is 0.732. The fourth-order valence-electron chi connectivity index (χ4n) is 3.98. The average Bonchev–Trinajstić information content (AvgIpc) is 2.70. The highest BCUT2D eigenvalue weighted by molar-refractivity contribution is 6.32. The summed E-state index contributed by atoms with van der Waals surface area (Å²) in [6.45, 7) is 2.51. The van der Waals surface area contributed by atoms with Gasteiger partial charge in [-0.05, 0) is 29.7 Å². The maximum absolute atomic E-state index is 13.4. The SMILES string of the molecule is Bc1ccc([C@H](CC)N2CC[C@](CCC(N)=O)(c3ccc(F)cc3)OC2=O)cc1. The van der Waals surface area contributed by atoms with Gasteiger partial charge in [-0.3, -0.25) is 4.79 Å². The zero-order valence-corrected chi connectivity index (χ0v) is 16.9. The largest absolute Gasteiger partial charge is 0.438 e. The molecule has 0 spiro atoms. The minimum absolute atomic E-state index is 0.0832. The molecule has 1 aliphatic rings. The zero-order chi connectivity index (χ0) is 21.0. The van der Waals surface area contributed by atoms with Gasteiger partial charge in [0.05, 0.1) is 6.04 Å². The summed E-state index contributed by atoms with van der Waals surface area (Å²) in [7, 11) is 2.02. The van der Waals surface area contributed by atoms with Crippen LogP contribution >= 0.6 is 0 Å². The van der Waals surface area contributed by atoms with Crippen LogP contribution in [0.3, 0.4) is 0 Å². The topological polar surface area (TPSA) is 72.6 Å². The van der Waals surface area contributed by atoms with E-state index in [1.54, 1.807) is 17.0 Å². The van der Waals surface area contributed by atoms with Gasteiger partial charge in [-0.2, -0.15) is 0 Å². The van der Waals surface area contributed by atoms with Gasteiger partial charge in [0.15, 0.2) is 0 Å². The highest BCUT2D eigenvalue weighted by atomic mass is 19.1. The van der Waals surface area contributed by atoms with Crippen LogP contribution in [0.1, 0.15) is 49.8 Å². The van der Waals surface area contributed by atoms with E-state index in [1.165, 1.54) is 12.1 Å². The highest BCUT2D eigenvalue weighted by Gasteiger charge is 2.44. The number of halogens is 1. The average molecular weight is 396 g/mol. The van der Waals surface area contributed by atoms with Gasteiger partial charge in [-0.25, -0.2) is 9.18 Å². The van der Waals surface area contributed by atoms with Crippen LogP contribution in [0.2, 0.25) is 0 Å². The summed E-state index contributed by atoms with van der Waals surface area (Å²) in [4.78, 5) is 26.2. The van der Waals surface area contributed by atoms with Crippen molar-refractivity contribution in [3.63, 3.8) is 0 Å². The monoisotopic (exact) mass is 396 g/mol. The lowest BCUT2D eigenvalue weighted by atomic mass is 9.84. The molecule has 1 aliphatic heterocycles. The second-order valence-electron chi connectivity index (χ2n) is 7.61. The molecule has 2 amide bonds. The number of rotatable bonds is 7. The molecule has 0 saturated carbocycles. The van der Waals surface area contributed by atoms with E-state index in [0.717, 1.165) is 17.4 Å². The Morgan fingerprint density at radius 3 is 2.45 bits per heavy atom. The molecule has 0 aliphatic carbocycles. The summed E-state index contributed by atoms with van der Waals surface area (Å²) in [5, 5.41) is 0. The van der Waals surface area contributed by atoms with E-state index in [2.05, 4.69) is 0 Å². The molecule has 152 valence electrons. The Morgan fingerprint density at radius 1 is 1.24 bits per heavy atom. The Balaban J connectivity index is 1.86. The van der Waals surface area contributed by atoms with Gasteiger partial charge in [-0.15, -0.1) is 0 Å². The first-order valence-electron chi connectivity index (χ1n) is 9.95. The molecular formula is C22H26BFN2O3. The van der Waals surface area contributed by atoms with Gasteiger partial charge in [0.2, 0.25) is 5.91 Å². The number of benzene rings is 2. The molecule has 1 heterocycles. The predicted octanol–water partition coefficient (Wildman–Crippen LogP) is 2.54. The molecule has 1 fully saturated rings. The molecule has 2 N–H and O–H groups in total. The van der Waals surface area contributed by atoms with E-state index >= 15 is 0 Å². The Morgan fingerprint density at radius 2 is 1.90 bits per heavy atom. The van der Waals surface area contributed by atoms with Gasteiger partial charge in [0.1, 0.15) is 19.3 Å². The van der Waals surface area contributed by atoms with Crippen molar-refractivity contribution in [1.29, 1.82) is 0 Å². The second-order valence-corrected chi connectivity index (χ2v) is 7.61. The molecule has 0 bridgehead atoms. The molecule has 2 aromatic carbocycles. The third-order valence-corrected chi connectivity index (χ3v) is 5.64. The zero-order valence-electron chi connectivity index (χ0n) is 16.9. The lowest BCUT2D eigenvalue weighted by Crippen LogP contribution is -2.49. The van der Waals surface area contributed by atoms with Gasteiger partial charge >= 0.3 is 6.09 Å². The standard InChI is InChI=1S/C22H26BFN2O3/c1-2-19(15-3-7-17(23)8-4-15)26-14-13-22(29-21(26)28,12-11-20(25)27)16-5-9-18(24)10-6-16/h3-10,19H,2,11-14,23H2,1H3,(H2,25,27)/t19-,22+/m0/s1. The van der Waals surface area contributed by atoms with Gasteiger partial charge < -0.3 is 15.4 Å². The number of carbonyl (C=O) groups is 2. The second kappa shape index (κ2) is 8.68. The van der Waals surface area contributed by atoms with E-state index < -0.39 is 17.6 Å². The maximum atomic E-state index is 13.4. The van der Waals surface area contributed by atoms with Crippen molar-refractivity contribution in [2.75, 3.05) is 6.54 Å². The van der Waals surface area contributed by atoms with Crippen LogP contribution in [-0.2, 0) is 15.1 Å². The molecule has 3 rings (SSSR count). The minimum Gasteiger partial charge on any atom is -0.438 e. The number of nitrogens with zero attached hydrogens (tertiary/aromatic N) is 1. The van der Waals surface area contributed by atoms with Crippen LogP contribution < -0.4 is 11.2 Å². The van der Waals surface area contributed by atoms with Gasteiger partial charge in [0.25, 0.3) is 0 Å². The van der Waals surface area contributed by atoms with Crippen LogP contribution in [0.15, 0.2) is 48.5 Å². The maximum Gasteiger partial charge on any atom is 0.411 e. The van der Waals surface area contributed by atoms with Crippen LogP contribution in [0.4, 0.5) is 9.18 Å². The van der Waals surface area contributed by atoms with E-state index in [1.807, 2.05) is 39.0 Å². The van der Waals surface area contributed by atoms with Crippen LogP contribution in [0.25, 0.3) is 0 Å². The summed E-state index contributed by atoms with van der Waals surface area (Å²) in [5.74, 6) is -0.830. The Bertz CT molecular complexity index is 873. The van der Waals surface area contributed by atoms with Crippen molar-refractivity contribution in [2.45, 2.75) is 44.2 Å². The Labute approximate surface area is 171 Å². The van der Waals surface area contributed by atoms with Gasteiger partial charge in [-0.1, -0.05) is 48.8 Å². The molecule has 7 heteroatoms. The smallest absolute Gasteiger partial charge is 0.411 e. The van der Waals surface area contributed by atoms with E-state index in [0.29, 0.717) is 18.5 Å². The van der Waals surface area contributed by atoms with Crippen molar-refractivity contribution in [1.82, 2.24) is 4.90 Å². The number of amides is 2. The Kier molecular flexibility index (Phi) is 6.25. The number of nitrogens with two attached hydrogens (primary N) is 1. The number of ether oxygens (including phenoxy) is 1. The highest BCUT2D eigenvalue weighted by Crippen LogP contribution is 2.41. The summed E-state index contributed by atoms with van der Waals surface area (Å²) >= 11 is 0. The van der Waals surface area contributed by atoms with Crippen LogP contribution in [0.5, 0.6) is 0 Å². The number of hydrogen-bond donors (Lipinski definition) is 1. The predicted molar refractivity (Wildman–Crippen MR) is 112 cm³/mol. The molecule has 1 saturated heterocycles. The first-order valence-corrected chi connectivity index (χ1v) is 9.95. The molecule has 5 nitrogen and oxygen atoms in total. The minimum atomic E-state index is -0.984. The summed E-state index contributed by atoms with van der Waals surface area (Å²) in [6, 6.07) is 13.9. The summed E-state index contributed by atoms with van der Waals surface area (Å²) < 4.78 is 19.4. The van der Waals surface area contributed by atoms with E-state index in [-0.39, 0.29) is 24.7 Å². The van der Waals surface area contributed by atoms with Crippen molar-refractivity contribution in [2.24, 2.45) is 5.73 Å². The third-order valence-electron chi connectivity index (χ3n) is 5.64. The number of primary amides is 1. The molecule has 29 heavy (non-hydrogen) atoms. The molecular weight excluding hydrogens is 370 g/mol. The number of hydrogen-bond acceptors (Lipinski definition) is 3. The van der Waals surface area contributed by atoms with Crippen LogP contribution in [0, 0.1) is 5.82 Å². The van der Waals surface area contributed by atoms with Crippen LogP contribution in [-0.4, -0.2) is 31.3 Å². The normalized spacial score (nSPS) is 20.2. The lowest BCUT2D eigenvalue weighted by Gasteiger charge is -2.44. The molecule has 0 aromatic heterocycles. The lowest BCUT2D eigenvalue weighted by molar-refractivity contribution is -0.121. The summed E-state index contributed by atoms with van der Waals surface area (Å²) in [5.41, 5.74) is 7.25.